The lowest BCUT2D eigenvalue weighted by Gasteiger charge is -2.35. The maximum absolute atomic E-state index is 11.7. The van der Waals surface area contributed by atoms with Gasteiger partial charge >= 0.3 is 5.97 Å². The van der Waals surface area contributed by atoms with Gasteiger partial charge in [-0.05, 0) is 23.6 Å². The molecule has 0 radical (unpaired) electrons. The minimum atomic E-state index is -0.775. The van der Waals surface area contributed by atoms with E-state index in [2.05, 4.69) is 46.7 Å². The Morgan fingerprint density at radius 3 is 1.77 bits per heavy atom. The minimum absolute atomic E-state index is 0.221. The highest BCUT2D eigenvalue weighted by molar-refractivity contribution is 5.70. The minimum Gasteiger partial charge on any atom is -0.463 e. The molecule has 4 rings (SSSR count). The van der Waals surface area contributed by atoms with E-state index in [1.54, 1.807) is 17.8 Å². The van der Waals surface area contributed by atoms with Crippen LogP contribution in [-0.4, -0.2) is 34.2 Å². The molecule has 0 bridgehead atoms. The summed E-state index contributed by atoms with van der Waals surface area (Å²) in [6, 6.07) is 30.4. The van der Waals surface area contributed by atoms with Crippen molar-refractivity contribution in [2.24, 2.45) is 0 Å². The standard InChI is InChI=1S/C25H23N3O3/c1-2-30-24(29)19-31-23-18-28(27-26-23)25(20-12-6-3-7-13-20,21-14-8-4-9-15-21)22-16-10-5-11-17-22/h3-18H,2,19H2,1H3. The Bertz CT molecular complexity index is 1020. The van der Waals surface area contributed by atoms with E-state index in [0.717, 1.165) is 16.7 Å². The Hall–Kier alpha value is -3.93. The van der Waals surface area contributed by atoms with E-state index in [9.17, 15) is 4.79 Å². The van der Waals surface area contributed by atoms with Crippen molar-refractivity contribution in [2.75, 3.05) is 13.2 Å². The summed E-state index contributed by atoms with van der Waals surface area (Å²) in [6.07, 6.45) is 1.71. The van der Waals surface area contributed by atoms with Crippen molar-refractivity contribution in [3.05, 3.63) is 114 Å². The second kappa shape index (κ2) is 9.26. The van der Waals surface area contributed by atoms with Crippen LogP contribution < -0.4 is 4.74 Å². The fraction of sp³-hybridized carbons (Fsp3) is 0.160. The molecule has 0 amide bonds. The van der Waals surface area contributed by atoms with Crippen LogP contribution >= 0.6 is 0 Å². The van der Waals surface area contributed by atoms with E-state index < -0.39 is 11.5 Å². The molecule has 0 N–H and O–H groups in total. The quantitative estimate of drug-likeness (QED) is 0.322. The molecule has 156 valence electrons. The van der Waals surface area contributed by atoms with Crippen molar-refractivity contribution in [3.63, 3.8) is 0 Å². The molecule has 0 atom stereocenters. The highest BCUT2D eigenvalue weighted by atomic mass is 16.6. The molecule has 6 heteroatoms. The van der Waals surface area contributed by atoms with E-state index in [1.165, 1.54) is 0 Å². The van der Waals surface area contributed by atoms with Gasteiger partial charge < -0.3 is 9.47 Å². The van der Waals surface area contributed by atoms with Crippen molar-refractivity contribution in [3.8, 4) is 5.88 Å². The largest absolute Gasteiger partial charge is 0.463 e. The summed E-state index contributed by atoms with van der Waals surface area (Å²) < 4.78 is 12.2. The van der Waals surface area contributed by atoms with Gasteiger partial charge in [0.25, 0.3) is 5.88 Å². The molecular formula is C25H23N3O3. The third kappa shape index (κ3) is 4.05. The van der Waals surface area contributed by atoms with E-state index in [1.807, 2.05) is 54.6 Å². The molecule has 1 heterocycles. The molecule has 0 saturated carbocycles. The lowest BCUT2D eigenvalue weighted by atomic mass is 9.77. The normalized spacial score (nSPS) is 11.1. The van der Waals surface area contributed by atoms with Crippen LogP contribution in [0.15, 0.2) is 97.2 Å². The zero-order valence-electron chi connectivity index (χ0n) is 17.2. The predicted molar refractivity (Wildman–Crippen MR) is 117 cm³/mol. The Morgan fingerprint density at radius 1 is 0.839 bits per heavy atom. The number of carbonyl (C=O) groups excluding carboxylic acids is 1. The molecular weight excluding hydrogens is 390 g/mol. The molecule has 0 aliphatic carbocycles. The second-order valence-corrected chi connectivity index (χ2v) is 6.90. The van der Waals surface area contributed by atoms with Gasteiger partial charge in [-0.3, -0.25) is 0 Å². The smallest absolute Gasteiger partial charge is 0.344 e. The van der Waals surface area contributed by atoms with E-state index in [4.69, 9.17) is 9.47 Å². The van der Waals surface area contributed by atoms with Crippen molar-refractivity contribution >= 4 is 5.97 Å². The maximum atomic E-state index is 11.7. The molecule has 0 aliphatic heterocycles. The Morgan fingerprint density at radius 2 is 1.32 bits per heavy atom. The number of hydrogen-bond donors (Lipinski definition) is 0. The average Bonchev–Trinajstić information content (AvgIpc) is 3.30. The van der Waals surface area contributed by atoms with Gasteiger partial charge in [-0.1, -0.05) is 101 Å². The predicted octanol–water partition coefficient (Wildman–Crippen LogP) is 4.06. The van der Waals surface area contributed by atoms with Gasteiger partial charge in [0.15, 0.2) is 6.61 Å². The van der Waals surface area contributed by atoms with Crippen LogP contribution in [-0.2, 0) is 15.1 Å². The fourth-order valence-electron chi connectivity index (χ4n) is 3.75. The van der Waals surface area contributed by atoms with Gasteiger partial charge in [-0.2, -0.15) is 0 Å². The summed E-state index contributed by atoms with van der Waals surface area (Å²) in [7, 11) is 0. The number of esters is 1. The first-order valence-electron chi connectivity index (χ1n) is 10.1. The van der Waals surface area contributed by atoms with Crippen LogP contribution in [0.3, 0.4) is 0 Å². The summed E-state index contributed by atoms with van der Waals surface area (Å²) in [5, 5.41) is 8.61. The number of aromatic nitrogens is 3. The lowest BCUT2D eigenvalue weighted by molar-refractivity contribution is -0.145. The summed E-state index contributed by atoms with van der Waals surface area (Å²) >= 11 is 0. The SMILES string of the molecule is CCOC(=O)COc1cn(C(c2ccccc2)(c2ccccc2)c2ccccc2)nn1. The average molecular weight is 413 g/mol. The van der Waals surface area contributed by atoms with Crippen LogP contribution in [0.2, 0.25) is 0 Å². The van der Waals surface area contributed by atoms with Crippen molar-refractivity contribution in [1.82, 2.24) is 15.0 Å². The molecule has 31 heavy (non-hydrogen) atoms. The van der Waals surface area contributed by atoms with Gasteiger partial charge in [-0.25, -0.2) is 9.48 Å². The molecule has 6 nitrogen and oxygen atoms in total. The first-order chi connectivity index (χ1) is 15.2. The van der Waals surface area contributed by atoms with Crippen LogP contribution in [0, 0.1) is 0 Å². The molecule has 0 fully saturated rings. The number of rotatable bonds is 8. The topological polar surface area (TPSA) is 66.2 Å². The molecule has 0 spiro atoms. The lowest BCUT2D eigenvalue weighted by Crippen LogP contribution is -2.38. The van der Waals surface area contributed by atoms with Gasteiger partial charge in [0, 0.05) is 0 Å². The highest BCUT2D eigenvalue weighted by Crippen LogP contribution is 2.40. The van der Waals surface area contributed by atoms with Crippen molar-refractivity contribution in [1.29, 1.82) is 0 Å². The van der Waals surface area contributed by atoms with Gasteiger partial charge in [0.05, 0.1) is 12.8 Å². The number of hydrogen-bond acceptors (Lipinski definition) is 5. The maximum Gasteiger partial charge on any atom is 0.344 e. The first-order valence-corrected chi connectivity index (χ1v) is 10.1. The molecule has 1 aromatic heterocycles. The molecule has 3 aromatic carbocycles. The van der Waals surface area contributed by atoms with Gasteiger partial charge in [-0.15, -0.1) is 0 Å². The second-order valence-electron chi connectivity index (χ2n) is 6.90. The van der Waals surface area contributed by atoms with Crippen LogP contribution in [0.25, 0.3) is 0 Å². The first kappa shape index (κ1) is 20.3. The molecule has 0 aliphatic rings. The summed E-state index contributed by atoms with van der Waals surface area (Å²) in [5.74, 6) is -0.197. The van der Waals surface area contributed by atoms with E-state index >= 15 is 0 Å². The number of benzene rings is 3. The summed E-state index contributed by atoms with van der Waals surface area (Å²) in [4.78, 5) is 11.7. The fourth-order valence-corrected chi connectivity index (χ4v) is 3.75. The zero-order valence-corrected chi connectivity index (χ0v) is 17.2. The Kier molecular flexibility index (Phi) is 6.08. The van der Waals surface area contributed by atoms with E-state index in [0.29, 0.717) is 6.61 Å². The van der Waals surface area contributed by atoms with E-state index in [-0.39, 0.29) is 12.5 Å². The Balaban J connectivity index is 1.87. The van der Waals surface area contributed by atoms with Gasteiger partial charge in [0.2, 0.25) is 0 Å². The van der Waals surface area contributed by atoms with Crippen LogP contribution in [0.5, 0.6) is 5.88 Å². The summed E-state index contributed by atoms with van der Waals surface area (Å²) in [5.41, 5.74) is 2.29. The van der Waals surface area contributed by atoms with Gasteiger partial charge in [0.1, 0.15) is 5.54 Å². The molecule has 0 unspecified atom stereocenters. The number of ether oxygens (including phenoxy) is 2. The number of carbonyl (C=O) groups is 1. The monoisotopic (exact) mass is 413 g/mol. The van der Waals surface area contributed by atoms with Crippen LogP contribution in [0.1, 0.15) is 23.6 Å². The Labute approximate surface area is 181 Å². The number of nitrogens with zero attached hydrogens (tertiary/aromatic N) is 3. The third-order valence-corrected chi connectivity index (χ3v) is 5.03. The summed E-state index contributed by atoms with van der Waals surface area (Å²) in [6.45, 7) is 1.83. The highest BCUT2D eigenvalue weighted by Gasteiger charge is 2.39. The van der Waals surface area contributed by atoms with Crippen LogP contribution in [0.4, 0.5) is 0 Å². The molecule has 4 aromatic rings. The van der Waals surface area contributed by atoms with Crippen molar-refractivity contribution < 1.29 is 14.3 Å². The molecule has 0 saturated heterocycles. The third-order valence-electron chi connectivity index (χ3n) is 5.03. The zero-order chi connectivity index (χ0) is 21.5. The van der Waals surface area contributed by atoms with Crippen molar-refractivity contribution in [2.45, 2.75) is 12.5 Å².